The average molecular weight is 280 g/mol. The summed E-state index contributed by atoms with van der Waals surface area (Å²) in [7, 11) is 0. The highest BCUT2D eigenvalue weighted by Crippen LogP contribution is 2.20. The molecule has 4 nitrogen and oxygen atoms in total. The number of rotatable bonds is 5. The molecule has 1 aliphatic heterocycles. The van der Waals surface area contributed by atoms with Crippen molar-refractivity contribution >= 4 is 23.2 Å². The normalized spacial score (nSPS) is 19.8. The number of carbonyl (C=O) groups excluding carboxylic acids is 2. The number of hydrogen-bond donors (Lipinski definition) is 1. The number of likely N-dealkylation sites (tertiary alicyclic amines) is 1. The lowest BCUT2D eigenvalue weighted by Crippen LogP contribution is -2.41. The fraction of sp³-hybridized carbons (Fsp3) is 0.571. The largest absolute Gasteiger partial charge is 0.300 e. The Hall–Kier alpha value is -1.20. The Bertz CT molecular complexity index is 482. The highest BCUT2D eigenvalue weighted by molar-refractivity contribution is 7.10. The fourth-order valence-corrected chi connectivity index (χ4v) is 3.33. The third kappa shape index (κ3) is 2.87. The Kier molecular flexibility index (Phi) is 4.37. The first-order valence-electron chi connectivity index (χ1n) is 6.69. The van der Waals surface area contributed by atoms with Gasteiger partial charge in [-0.2, -0.15) is 0 Å². The molecule has 1 unspecified atom stereocenters. The Morgan fingerprint density at radius 2 is 2.21 bits per heavy atom. The summed E-state index contributed by atoms with van der Waals surface area (Å²) in [6, 6.07) is 1.70. The van der Waals surface area contributed by atoms with Gasteiger partial charge in [0.2, 0.25) is 11.8 Å². The highest BCUT2D eigenvalue weighted by Gasteiger charge is 2.39. The number of nitrogens with zero attached hydrogens (tertiary/aromatic N) is 1. The molecule has 1 N–H and O–H groups in total. The molecule has 1 aromatic heterocycles. The lowest BCUT2D eigenvalue weighted by atomic mass is 10.2. The molecule has 5 heteroatoms. The van der Waals surface area contributed by atoms with Crippen LogP contribution in [0.3, 0.4) is 0 Å². The number of nitrogens with one attached hydrogen (secondary N) is 1. The summed E-state index contributed by atoms with van der Waals surface area (Å²) in [4.78, 5) is 26.5. The summed E-state index contributed by atoms with van der Waals surface area (Å²) in [5, 5.41) is 5.29. The van der Waals surface area contributed by atoms with Crippen LogP contribution in [0.2, 0.25) is 0 Å². The second kappa shape index (κ2) is 5.84. The maximum Gasteiger partial charge on any atom is 0.247 e. The van der Waals surface area contributed by atoms with E-state index < -0.39 is 0 Å². The van der Waals surface area contributed by atoms with Gasteiger partial charge in [-0.05, 0) is 37.3 Å². The quantitative estimate of drug-likeness (QED) is 0.839. The summed E-state index contributed by atoms with van der Waals surface area (Å²) < 4.78 is 0. The molecule has 1 saturated heterocycles. The van der Waals surface area contributed by atoms with Gasteiger partial charge in [0.05, 0.1) is 12.5 Å². The molecular formula is C14H20N2O2S. The lowest BCUT2D eigenvalue weighted by molar-refractivity contribution is -0.140. The first kappa shape index (κ1) is 14.2. The number of imide groups is 1. The van der Waals surface area contributed by atoms with E-state index in [1.165, 1.54) is 15.3 Å². The van der Waals surface area contributed by atoms with Crippen molar-refractivity contribution in [2.45, 2.75) is 52.2 Å². The molecule has 0 aromatic carbocycles. The van der Waals surface area contributed by atoms with Gasteiger partial charge in [-0.15, -0.1) is 11.3 Å². The number of amides is 2. The molecule has 1 fully saturated rings. The molecule has 0 bridgehead atoms. The van der Waals surface area contributed by atoms with Crippen LogP contribution < -0.4 is 5.32 Å². The zero-order valence-electron chi connectivity index (χ0n) is 11.6. The third-order valence-corrected chi connectivity index (χ3v) is 4.39. The van der Waals surface area contributed by atoms with Gasteiger partial charge in [0, 0.05) is 17.5 Å². The topological polar surface area (TPSA) is 49.4 Å². The van der Waals surface area contributed by atoms with Crippen LogP contribution in [-0.4, -0.2) is 28.8 Å². The Morgan fingerprint density at radius 1 is 1.47 bits per heavy atom. The molecule has 2 rings (SSSR count). The van der Waals surface area contributed by atoms with Gasteiger partial charge in [-0.3, -0.25) is 14.5 Å². The van der Waals surface area contributed by atoms with Gasteiger partial charge in [0.25, 0.3) is 0 Å². The molecule has 104 valence electrons. The standard InChI is InChI=1S/C14H20N2O2S/c1-4-10-5-6-19-12(10)8-15-11-7-13(17)16(9(2)3)14(11)18/h5-6,9,11,15H,4,7-8H2,1-3H3. The van der Waals surface area contributed by atoms with E-state index in [-0.39, 0.29) is 30.3 Å². The van der Waals surface area contributed by atoms with E-state index in [9.17, 15) is 9.59 Å². The second-order valence-corrected chi connectivity index (χ2v) is 6.06. The van der Waals surface area contributed by atoms with Crippen molar-refractivity contribution in [3.05, 3.63) is 21.9 Å². The molecule has 2 amide bonds. The summed E-state index contributed by atoms with van der Waals surface area (Å²) in [5.74, 6) is -0.158. The van der Waals surface area contributed by atoms with E-state index in [0.29, 0.717) is 6.54 Å². The lowest BCUT2D eigenvalue weighted by Gasteiger charge is -2.19. The van der Waals surface area contributed by atoms with Crippen molar-refractivity contribution in [2.24, 2.45) is 0 Å². The molecule has 0 radical (unpaired) electrons. The number of aryl methyl sites for hydroxylation is 1. The summed E-state index contributed by atoms with van der Waals surface area (Å²) in [6.07, 6.45) is 1.28. The maximum atomic E-state index is 12.1. The average Bonchev–Trinajstić information content (AvgIpc) is 2.91. The maximum absolute atomic E-state index is 12.1. The minimum absolute atomic E-state index is 0.0558. The van der Waals surface area contributed by atoms with Gasteiger partial charge >= 0.3 is 0 Å². The minimum Gasteiger partial charge on any atom is -0.300 e. The van der Waals surface area contributed by atoms with Gasteiger partial charge in [-0.25, -0.2) is 0 Å². The molecule has 0 saturated carbocycles. The van der Waals surface area contributed by atoms with Crippen molar-refractivity contribution in [1.29, 1.82) is 0 Å². The molecule has 1 aliphatic rings. The van der Waals surface area contributed by atoms with Crippen molar-refractivity contribution in [3.8, 4) is 0 Å². The van der Waals surface area contributed by atoms with E-state index in [0.717, 1.165) is 6.42 Å². The van der Waals surface area contributed by atoms with Crippen molar-refractivity contribution < 1.29 is 9.59 Å². The van der Waals surface area contributed by atoms with E-state index in [1.54, 1.807) is 11.3 Å². The minimum atomic E-state index is -0.360. The second-order valence-electron chi connectivity index (χ2n) is 5.06. The van der Waals surface area contributed by atoms with Crippen LogP contribution in [0.4, 0.5) is 0 Å². The van der Waals surface area contributed by atoms with E-state index in [2.05, 4.69) is 23.7 Å². The van der Waals surface area contributed by atoms with E-state index in [1.807, 2.05) is 13.8 Å². The zero-order valence-corrected chi connectivity index (χ0v) is 12.4. The highest BCUT2D eigenvalue weighted by atomic mass is 32.1. The van der Waals surface area contributed by atoms with Gasteiger partial charge in [0.1, 0.15) is 0 Å². The summed E-state index contributed by atoms with van der Waals surface area (Å²) in [5.41, 5.74) is 1.31. The van der Waals surface area contributed by atoms with Gasteiger partial charge in [-0.1, -0.05) is 6.92 Å². The fourth-order valence-electron chi connectivity index (χ4n) is 2.41. The van der Waals surface area contributed by atoms with Crippen LogP contribution in [0, 0.1) is 0 Å². The summed E-state index contributed by atoms with van der Waals surface area (Å²) in [6.45, 7) is 6.52. The third-order valence-electron chi connectivity index (χ3n) is 3.43. The SMILES string of the molecule is CCc1ccsc1CNC1CC(=O)N(C(C)C)C1=O. The summed E-state index contributed by atoms with van der Waals surface area (Å²) >= 11 is 1.69. The van der Waals surface area contributed by atoms with E-state index >= 15 is 0 Å². The molecule has 2 heterocycles. The van der Waals surface area contributed by atoms with Crippen molar-refractivity contribution in [2.75, 3.05) is 0 Å². The molecule has 1 aromatic rings. The first-order chi connectivity index (χ1) is 9.04. The zero-order chi connectivity index (χ0) is 14.0. The smallest absolute Gasteiger partial charge is 0.247 e. The molecule has 19 heavy (non-hydrogen) atoms. The number of thiophene rings is 1. The van der Waals surface area contributed by atoms with Crippen LogP contribution >= 0.6 is 11.3 Å². The predicted molar refractivity (Wildman–Crippen MR) is 75.9 cm³/mol. The van der Waals surface area contributed by atoms with Crippen LogP contribution in [0.1, 0.15) is 37.6 Å². The van der Waals surface area contributed by atoms with Crippen molar-refractivity contribution in [1.82, 2.24) is 10.2 Å². The number of carbonyl (C=O) groups is 2. The molecule has 1 atom stereocenters. The Balaban J connectivity index is 1.98. The van der Waals surface area contributed by atoms with Crippen LogP contribution in [-0.2, 0) is 22.6 Å². The Labute approximate surface area is 117 Å². The molecule has 0 aliphatic carbocycles. The number of hydrogen-bond acceptors (Lipinski definition) is 4. The van der Waals surface area contributed by atoms with Crippen molar-refractivity contribution in [3.63, 3.8) is 0 Å². The molecular weight excluding hydrogens is 260 g/mol. The Morgan fingerprint density at radius 3 is 2.79 bits per heavy atom. The van der Waals surface area contributed by atoms with Crippen LogP contribution in [0.15, 0.2) is 11.4 Å². The van der Waals surface area contributed by atoms with E-state index in [4.69, 9.17) is 0 Å². The van der Waals surface area contributed by atoms with Crippen LogP contribution in [0.5, 0.6) is 0 Å². The molecule has 0 spiro atoms. The van der Waals surface area contributed by atoms with Gasteiger partial charge in [0.15, 0.2) is 0 Å². The van der Waals surface area contributed by atoms with Gasteiger partial charge < -0.3 is 5.32 Å². The monoisotopic (exact) mass is 280 g/mol. The predicted octanol–water partition coefficient (Wildman–Crippen LogP) is 1.94. The first-order valence-corrected chi connectivity index (χ1v) is 7.57. The van der Waals surface area contributed by atoms with Crippen LogP contribution in [0.25, 0.3) is 0 Å².